The van der Waals surface area contributed by atoms with E-state index in [1.165, 1.54) is 0 Å². The first-order chi connectivity index (χ1) is 11.8. The Morgan fingerprint density at radius 3 is 2.83 bits per heavy atom. The van der Waals surface area contributed by atoms with Crippen LogP contribution in [0, 0.1) is 0 Å². The Morgan fingerprint density at radius 2 is 2.00 bits per heavy atom. The van der Waals surface area contributed by atoms with Crippen LogP contribution in [0.2, 0.25) is 0 Å². The lowest BCUT2D eigenvalue weighted by Gasteiger charge is -2.05. The molecule has 0 aliphatic carbocycles. The van der Waals surface area contributed by atoms with Gasteiger partial charge in [0.05, 0.1) is 17.6 Å². The number of hydrogen-bond acceptors (Lipinski definition) is 3. The molecule has 0 aliphatic heterocycles. The molecule has 4 rings (SSSR count). The van der Waals surface area contributed by atoms with E-state index in [1.54, 1.807) is 11.3 Å². The quantitative estimate of drug-likeness (QED) is 0.587. The van der Waals surface area contributed by atoms with Crippen LogP contribution in [0.3, 0.4) is 0 Å². The molecule has 4 nitrogen and oxygen atoms in total. The number of carbonyl (C=O) groups is 1. The van der Waals surface area contributed by atoms with E-state index in [2.05, 4.69) is 21.4 Å². The maximum atomic E-state index is 12.4. The zero-order chi connectivity index (χ0) is 16.4. The Morgan fingerprint density at radius 1 is 1.08 bits per heavy atom. The molecule has 0 radical (unpaired) electrons. The average Bonchev–Trinajstić information content (AvgIpc) is 3.29. The summed E-state index contributed by atoms with van der Waals surface area (Å²) in [4.78, 5) is 21.2. The fraction of sp³-hybridized carbons (Fsp3) is 0.0526. The normalized spacial score (nSPS) is 10.8. The summed E-state index contributed by atoms with van der Waals surface area (Å²) in [5.41, 5.74) is 3.58. The van der Waals surface area contributed by atoms with E-state index in [4.69, 9.17) is 0 Å². The minimum atomic E-state index is -0.103. The minimum absolute atomic E-state index is 0.103. The van der Waals surface area contributed by atoms with Gasteiger partial charge in [-0.2, -0.15) is 0 Å². The molecule has 2 N–H and O–H groups in total. The van der Waals surface area contributed by atoms with Gasteiger partial charge in [-0.15, -0.1) is 11.3 Å². The summed E-state index contributed by atoms with van der Waals surface area (Å²) in [5, 5.41) is 4.95. The van der Waals surface area contributed by atoms with E-state index in [0.717, 1.165) is 27.3 Å². The Kier molecular flexibility index (Phi) is 3.84. The van der Waals surface area contributed by atoms with Crippen molar-refractivity contribution in [2.45, 2.75) is 6.54 Å². The average molecular weight is 333 g/mol. The molecule has 5 heteroatoms. The maximum absolute atomic E-state index is 12.4. The number of imidazole rings is 1. The van der Waals surface area contributed by atoms with Crippen molar-refractivity contribution in [3.63, 3.8) is 0 Å². The molecule has 24 heavy (non-hydrogen) atoms. The first-order valence-corrected chi connectivity index (χ1v) is 8.53. The molecule has 0 saturated heterocycles. The summed E-state index contributed by atoms with van der Waals surface area (Å²) in [6, 6.07) is 19.5. The number of nitrogens with zero attached hydrogens (tertiary/aromatic N) is 1. The second-order valence-corrected chi connectivity index (χ2v) is 6.39. The zero-order valence-corrected chi connectivity index (χ0v) is 13.6. The van der Waals surface area contributed by atoms with Gasteiger partial charge in [0, 0.05) is 10.4 Å². The van der Waals surface area contributed by atoms with Gasteiger partial charge >= 0.3 is 0 Å². The smallest absolute Gasteiger partial charge is 0.251 e. The third-order valence-corrected chi connectivity index (χ3v) is 4.70. The van der Waals surface area contributed by atoms with Crippen LogP contribution < -0.4 is 5.32 Å². The van der Waals surface area contributed by atoms with Crippen LogP contribution in [0.4, 0.5) is 0 Å². The molecule has 0 saturated carbocycles. The highest BCUT2D eigenvalue weighted by Gasteiger charge is 2.09. The third kappa shape index (κ3) is 2.94. The van der Waals surface area contributed by atoms with Gasteiger partial charge < -0.3 is 10.3 Å². The predicted octanol–water partition coefficient (Wildman–Crippen LogP) is 4.22. The third-order valence-electron chi connectivity index (χ3n) is 3.79. The highest BCUT2D eigenvalue weighted by molar-refractivity contribution is 7.13. The lowest BCUT2D eigenvalue weighted by molar-refractivity contribution is 0.0950. The summed E-state index contributed by atoms with van der Waals surface area (Å²) in [6.07, 6.45) is 0. The summed E-state index contributed by atoms with van der Waals surface area (Å²) < 4.78 is 0. The summed E-state index contributed by atoms with van der Waals surface area (Å²) in [6.45, 7) is 0.372. The van der Waals surface area contributed by atoms with Crippen molar-refractivity contribution >= 4 is 28.3 Å². The molecule has 1 amide bonds. The number of para-hydroxylation sites is 2. The molecule has 0 atom stereocenters. The minimum Gasteiger partial charge on any atom is -0.345 e. The topological polar surface area (TPSA) is 57.8 Å². The molecule has 0 unspecified atom stereocenters. The van der Waals surface area contributed by atoms with Crippen molar-refractivity contribution < 1.29 is 4.79 Å². The van der Waals surface area contributed by atoms with Gasteiger partial charge in [-0.25, -0.2) is 4.98 Å². The van der Waals surface area contributed by atoms with E-state index in [1.807, 2.05) is 60.0 Å². The highest BCUT2D eigenvalue weighted by atomic mass is 32.1. The van der Waals surface area contributed by atoms with Crippen molar-refractivity contribution in [2.75, 3.05) is 0 Å². The van der Waals surface area contributed by atoms with Crippen molar-refractivity contribution in [1.29, 1.82) is 0 Å². The molecular weight excluding hydrogens is 318 g/mol. The van der Waals surface area contributed by atoms with Crippen LogP contribution >= 0.6 is 11.3 Å². The first-order valence-electron chi connectivity index (χ1n) is 7.65. The highest BCUT2D eigenvalue weighted by Crippen LogP contribution is 2.25. The number of hydrogen-bond donors (Lipinski definition) is 2. The van der Waals surface area contributed by atoms with Gasteiger partial charge in [-0.3, -0.25) is 4.79 Å². The van der Waals surface area contributed by atoms with Crippen molar-refractivity contribution in [2.24, 2.45) is 0 Å². The van der Waals surface area contributed by atoms with E-state index >= 15 is 0 Å². The largest absolute Gasteiger partial charge is 0.345 e. The molecule has 2 aromatic carbocycles. The number of aromatic amines is 1. The number of benzene rings is 2. The molecule has 0 bridgehead atoms. The van der Waals surface area contributed by atoms with Crippen molar-refractivity contribution in [3.05, 3.63) is 77.4 Å². The summed E-state index contributed by atoms with van der Waals surface area (Å²) in [7, 11) is 0. The summed E-state index contributed by atoms with van der Waals surface area (Å²) >= 11 is 1.66. The predicted molar refractivity (Wildman–Crippen MR) is 97.0 cm³/mol. The molecule has 4 aromatic rings. The van der Waals surface area contributed by atoms with Gasteiger partial charge in [0.15, 0.2) is 0 Å². The summed E-state index contributed by atoms with van der Waals surface area (Å²) in [5.74, 6) is 0.646. The molecule has 0 spiro atoms. The number of fused-ring (bicyclic) bond motifs is 1. The van der Waals surface area contributed by atoms with Gasteiger partial charge in [0.25, 0.3) is 5.91 Å². The monoisotopic (exact) mass is 333 g/mol. The van der Waals surface area contributed by atoms with E-state index in [0.29, 0.717) is 12.1 Å². The Bertz CT molecular complexity index is 956. The van der Waals surface area contributed by atoms with Crippen molar-refractivity contribution in [3.8, 4) is 10.4 Å². The van der Waals surface area contributed by atoms with Crippen LogP contribution in [0.25, 0.3) is 21.5 Å². The molecule has 0 fully saturated rings. The van der Waals surface area contributed by atoms with Crippen molar-refractivity contribution in [1.82, 2.24) is 15.3 Å². The standard InChI is InChI=1S/C19H15N3OS/c23-19(14-6-3-5-13(11-14)17-9-4-10-24-17)20-12-18-21-15-7-1-2-8-16(15)22-18/h1-11H,12H2,(H,20,23)(H,21,22). The zero-order valence-electron chi connectivity index (χ0n) is 12.8. The fourth-order valence-corrected chi connectivity index (χ4v) is 3.34. The van der Waals surface area contributed by atoms with Crippen LogP contribution in [0.15, 0.2) is 66.0 Å². The number of thiophene rings is 1. The van der Waals surface area contributed by atoms with Crippen LogP contribution in [0.5, 0.6) is 0 Å². The number of amides is 1. The van der Waals surface area contributed by atoms with Crippen LogP contribution in [-0.4, -0.2) is 15.9 Å². The van der Waals surface area contributed by atoms with Crippen LogP contribution in [0.1, 0.15) is 16.2 Å². The SMILES string of the molecule is O=C(NCc1nc2ccccc2[nH]1)c1cccc(-c2cccs2)c1. The molecule has 2 aromatic heterocycles. The number of aromatic nitrogens is 2. The Labute approximate surface area is 143 Å². The lowest BCUT2D eigenvalue weighted by atomic mass is 10.1. The van der Waals surface area contributed by atoms with Gasteiger partial charge in [0.2, 0.25) is 0 Å². The lowest BCUT2D eigenvalue weighted by Crippen LogP contribution is -2.23. The molecule has 2 heterocycles. The van der Waals surface area contributed by atoms with E-state index in [9.17, 15) is 4.79 Å². The molecular formula is C19H15N3OS. The van der Waals surface area contributed by atoms with E-state index < -0.39 is 0 Å². The molecule has 0 aliphatic rings. The second-order valence-electron chi connectivity index (χ2n) is 5.44. The number of rotatable bonds is 4. The van der Waals surface area contributed by atoms with Gasteiger partial charge in [-0.05, 0) is 41.3 Å². The fourth-order valence-electron chi connectivity index (χ4n) is 2.61. The molecule has 118 valence electrons. The number of nitrogens with one attached hydrogen (secondary N) is 2. The Balaban J connectivity index is 1.49. The van der Waals surface area contributed by atoms with Crippen LogP contribution in [-0.2, 0) is 6.54 Å². The Hall–Kier alpha value is -2.92. The second kappa shape index (κ2) is 6.29. The first kappa shape index (κ1) is 14.7. The van der Waals surface area contributed by atoms with E-state index in [-0.39, 0.29) is 5.91 Å². The number of carbonyl (C=O) groups excluding carboxylic acids is 1. The van der Waals surface area contributed by atoms with Gasteiger partial charge in [-0.1, -0.05) is 30.3 Å². The maximum Gasteiger partial charge on any atom is 0.251 e. The number of H-pyrrole nitrogens is 1. The van der Waals surface area contributed by atoms with Gasteiger partial charge in [0.1, 0.15) is 5.82 Å².